The van der Waals surface area contributed by atoms with Crippen molar-refractivity contribution in [3.05, 3.63) is 53.3 Å². The lowest BCUT2D eigenvalue weighted by molar-refractivity contribution is 0.475. The van der Waals surface area contributed by atoms with E-state index >= 15 is 0 Å². The fraction of sp³-hybridized carbons (Fsp3) is 0.0769. The fourth-order valence-corrected chi connectivity index (χ4v) is 2.17. The molecule has 0 saturated carbocycles. The van der Waals surface area contributed by atoms with Gasteiger partial charge < -0.3 is 5.11 Å². The smallest absolute Gasteiger partial charge is 0.123 e. The summed E-state index contributed by atoms with van der Waals surface area (Å²) in [6.45, 7) is 0. The lowest BCUT2D eigenvalue weighted by Gasteiger charge is -2.00. The quantitative estimate of drug-likeness (QED) is 0.591. The van der Waals surface area contributed by atoms with Crippen LogP contribution in [0.25, 0.3) is 11.1 Å². The summed E-state index contributed by atoms with van der Waals surface area (Å²) in [7, 11) is 0. The third kappa shape index (κ3) is 1.22. The molecule has 2 aromatic rings. The van der Waals surface area contributed by atoms with Crippen molar-refractivity contribution in [2.45, 2.75) is 6.42 Å². The average molecular weight is 200 g/mol. The largest absolute Gasteiger partial charge is 0.508 e. The minimum absolute atomic E-state index is 0.203. The van der Waals surface area contributed by atoms with Gasteiger partial charge in [0.05, 0.1) is 0 Å². The standard InChI is InChI=1S/C13H9FO/c14-10-1-3-12-8(6-10)5-9-7-11(15)2-4-13(9)12/h1-4,6-7,15H,5H2. The van der Waals surface area contributed by atoms with Gasteiger partial charge in [-0.15, -0.1) is 0 Å². The molecule has 1 nitrogen and oxygen atoms in total. The number of rotatable bonds is 0. The van der Waals surface area contributed by atoms with E-state index in [1.54, 1.807) is 24.3 Å². The van der Waals surface area contributed by atoms with Crippen molar-refractivity contribution in [2.75, 3.05) is 0 Å². The van der Waals surface area contributed by atoms with E-state index in [9.17, 15) is 9.50 Å². The predicted molar refractivity (Wildman–Crippen MR) is 56.3 cm³/mol. The van der Waals surface area contributed by atoms with Gasteiger partial charge in [0.2, 0.25) is 0 Å². The zero-order chi connectivity index (χ0) is 10.4. The fourth-order valence-electron chi connectivity index (χ4n) is 2.17. The van der Waals surface area contributed by atoms with Crippen molar-refractivity contribution >= 4 is 0 Å². The van der Waals surface area contributed by atoms with Gasteiger partial charge in [0.15, 0.2) is 0 Å². The number of fused-ring (bicyclic) bond motifs is 3. The molecular weight excluding hydrogens is 191 g/mol. The van der Waals surface area contributed by atoms with Crippen LogP contribution in [0.4, 0.5) is 4.39 Å². The van der Waals surface area contributed by atoms with Gasteiger partial charge >= 0.3 is 0 Å². The molecule has 1 aliphatic carbocycles. The Kier molecular flexibility index (Phi) is 1.60. The van der Waals surface area contributed by atoms with E-state index in [0.29, 0.717) is 6.42 Å². The second-order valence-corrected chi connectivity index (χ2v) is 3.82. The molecule has 74 valence electrons. The van der Waals surface area contributed by atoms with Crippen LogP contribution >= 0.6 is 0 Å². The van der Waals surface area contributed by atoms with Crippen LogP contribution in [0.15, 0.2) is 36.4 Å². The Bertz CT molecular complexity index is 497. The molecule has 2 heteroatoms. The molecule has 0 bridgehead atoms. The molecule has 15 heavy (non-hydrogen) atoms. The number of phenolic OH excluding ortho intramolecular Hbond substituents is 1. The molecule has 0 aliphatic heterocycles. The molecule has 0 spiro atoms. The minimum Gasteiger partial charge on any atom is -0.508 e. The predicted octanol–water partition coefficient (Wildman–Crippen LogP) is 3.10. The summed E-state index contributed by atoms with van der Waals surface area (Å²) in [6.07, 6.45) is 0.705. The van der Waals surface area contributed by atoms with E-state index in [1.807, 2.05) is 6.07 Å². The highest BCUT2D eigenvalue weighted by Crippen LogP contribution is 2.38. The van der Waals surface area contributed by atoms with E-state index in [4.69, 9.17) is 0 Å². The first kappa shape index (κ1) is 8.48. The molecule has 1 aliphatic rings. The summed E-state index contributed by atoms with van der Waals surface area (Å²) < 4.78 is 13.0. The van der Waals surface area contributed by atoms with Gasteiger partial charge in [-0.3, -0.25) is 0 Å². The average Bonchev–Trinajstić information content (AvgIpc) is 2.53. The van der Waals surface area contributed by atoms with Crippen molar-refractivity contribution < 1.29 is 9.50 Å². The van der Waals surface area contributed by atoms with Crippen molar-refractivity contribution in [3.8, 4) is 16.9 Å². The van der Waals surface area contributed by atoms with Gasteiger partial charge in [0.1, 0.15) is 11.6 Å². The Hall–Kier alpha value is -1.83. The molecular formula is C13H9FO. The van der Waals surface area contributed by atoms with E-state index in [0.717, 1.165) is 22.3 Å². The maximum Gasteiger partial charge on any atom is 0.123 e. The normalized spacial score (nSPS) is 12.3. The van der Waals surface area contributed by atoms with Gasteiger partial charge in [0, 0.05) is 0 Å². The summed E-state index contributed by atoms with van der Waals surface area (Å²) in [5, 5.41) is 9.36. The highest BCUT2D eigenvalue weighted by atomic mass is 19.1. The van der Waals surface area contributed by atoms with Crippen LogP contribution in [-0.4, -0.2) is 5.11 Å². The zero-order valence-electron chi connectivity index (χ0n) is 8.00. The Morgan fingerprint density at radius 2 is 1.60 bits per heavy atom. The van der Waals surface area contributed by atoms with Crippen LogP contribution in [0.1, 0.15) is 11.1 Å². The summed E-state index contributed by atoms with van der Waals surface area (Å²) in [5.41, 5.74) is 4.24. The number of hydrogen-bond donors (Lipinski definition) is 1. The maximum absolute atomic E-state index is 13.0. The summed E-state index contributed by atoms with van der Waals surface area (Å²) in [4.78, 5) is 0. The van der Waals surface area contributed by atoms with Crippen LogP contribution in [0, 0.1) is 5.82 Å². The Labute approximate surface area is 86.8 Å². The van der Waals surface area contributed by atoms with Gasteiger partial charge in [-0.1, -0.05) is 12.1 Å². The number of hydrogen-bond acceptors (Lipinski definition) is 1. The third-order valence-electron chi connectivity index (χ3n) is 2.83. The van der Waals surface area contributed by atoms with Gasteiger partial charge in [-0.25, -0.2) is 4.39 Å². The molecule has 2 aromatic carbocycles. The van der Waals surface area contributed by atoms with Gasteiger partial charge in [-0.05, 0) is 52.9 Å². The summed E-state index contributed by atoms with van der Waals surface area (Å²) in [6, 6.07) is 10.1. The SMILES string of the molecule is Oc1ccc2c(c1)Cc1cc(F)ccc1-2. The van der Waals surface area contributed by atoms with E-state index in [1.165, 1.54) is 6.07 Å². The lowest BCUT2D eigenvalue weighted by atomic mass is 10.1. The second-order valence-electron chi connectivity index (χ2n) is 3.82. The van der Waals surface area contributed by atoms with E-state index < -0.39 is 0 Å². The van der Waals surface area contributed by atoms with Gasteiger partial charge in [-0.2, -0.15) is 0 Å². The molecule has 0 amide bonds. The first-order valence-electron chi connectivity index (χ1n) is 4.85. The van der Waals surface area contributed by atoms with Gasteiger partial charge in [0.25, 0.3) is 0 Å². The number of aromatic hydroxyl groups is 1. The number of halogens is 1. The monoisotopic (exact) mass is 200 g/mol. The molecule has 0 atom stereocenters. The molecule has 0 radical (unpaired) electrons. The highest BCUT2D eigenvalue weighted by Gasteiger charge is 2.18. The van der Waals surface area contributed by atoms with Crippen molar-refractivity contribution in [1.82, 2.24) is 0 Å². The third-order valence-corrected chi connectivity index (χ3v) is 2.83. The summed E-state index contributed by atoms with van der Waals surface area (Å²) >= 11 is 0. The van der Waals surface area contributed by atoms with E-state index in [-0.39, 0.29) is 11.6 Å². The molecule has 0 unspecified atom stereocenters. The number of phenols is 1. The second kappa shape index (κ2) is 2.83. The molecule has 1 N–H and O–H groups in total. The molecule has 3 rings (SSSR count). The van der Waals surface area contributed by atoms with Crippen molar-refractivity contribution in [1.29, 1.82) is 0 Å². The van der Waals surface area contributed by atoms with E-state index in [2.05, 4.69) is 0 Å². The minimum atomic E-state index is -0.203. The van der Waals surface area contributed by atoms with Crippen LogP contribution in [0.2, 0.25) is 0 Å². The number of benzene rings is 2. The molecule has 0 aromatic heterocycles. The first-order chi connectivity index (χ1) is 7.24. The van der Waals surface area contributed by atoms with Crippen LogP contribution in [0.3, 0.4) is 0 Å². The van der Waals surface area contributed by atoms with Crippen LogP contribution in [0.5, 0.6) is 5.75 Å². The Morgan fingerprint density at radius 3 is 2.40 bits per heavy atom. The zero-order valence-corrected chi connectivity index (χ0v) is 8.00. The van der Waals surface area contributed by atoms with Crippen molar-refractivity contribution in [2.24, 2.45) is 0 Å². The molecule has 0 heterocycles. The molecule has 0 fully saturated rings. The van der Waals surface area contributed by atoms with Crippen LogP contribution < -0.4 is 0 Å². The van der Waals surface area contributed by atoms with Crippen LogP contribution in [-0.2, 0) is 6.42 Å². The highest BCUT2D eigenvalue weighted by molar-refractivity contribution is 5.77. The van der Waals surface area contributed by atoms with Crippen molar-refractivity contribution in [3.63, 3.8) is 0 Å². The Morgan fingerprint density at radius 1 is 0.933 bits per heavy atom. The molecule has 0 saturated heterocycles. The Balaban J connectivity index is 2.24. The lowest BCUT2D eigenvalue weighted by Crippen LogP contribution is -1.81. The summed E-state index contributed by atoms with van der Waals surface area (Å²) in [5.74, 6) is 0.0628. The maximum atomic E-state index is 13.0. The first-order valence-corrected chi connectivity index (χ1v) is 4.85. The topological polar surface area (TPSA) is 20.2 Å².